The fraction of sp³-hybridized carbons (Fsp3) is 0.286. The second-order valence-electron chi connectivity index (χ2n) is 10.1. The second kappa shape index (κ2) is 11.7. The first-order chi connectivity index (χ1) is 20.7. The van der Waals surface area contributed by atoms with Gasteiger partial charge < -0.3 is 18.6 Å². The summed E-state index contributed by atoms with van der Waals surface area (Å²) in [6.07, 6.45) is -8.36. The van der Waals surface area contributed by atoms with Crippen molar-refractivity contribution in [3.8, 4) is 28.7 Å². The summed E-state index contributed by atoms with van der Waals surface area (Å²) in [5, 5.41) is 7.94. The molecule has 16 heteroatoms. The van der Waals surface area contributed by atoms with E-state index in [0.717, 1.165) is 23.4 Å². The number of halogens is 6. The summed E-state index contributed by atoms with van der Waals surface area (Å²) < 4.78 is 85.7. The van der Waals surface area contributed by atoms with Crippen molar-refractivity contribution in [1.29, 1.82) is 0 Å². The Hall–Kier alpha value is -4.86. The SMILES string of the molecule is C[N+]1(OC(=O)C(F)(F)F)CCN(c2cccc(Cn3cc(-c4nnc(-c5ccc(OC(F)(F)F)cc5)o4)ccc3=O)c2)CC1. The molecule has 4 aromatic rings. The van der Waals surface area contributed by atoms with E-state index in [4.69, 9.17) is 4.42 Å². The highest BCUT2D eigenvalue weighted by molar-refractivity contribution is 5.74. The first kappa shape index (κ1) is 30.6. The van der Waals surface area contributed by atoms with E-state index in [9.17, 15) is 35.9 Å². The quantitative estimate of drug-likeness (QED) is 0.214. The lowest BCUT2D eigenvalue weighted by molar-refractivity contribution is -1.08. The first-order valence-corrected chi connectivity index (χ1v) is 13.1. The van der Waals surface area contributed by atoms with Gasteiger partial charge in [-0.25, -0.2) is 4.79 Å². The average Bonchev–Trinajstić information content (AvgIpc) is 3.44. The maximum atomic E-state index is 12.7. The molecule has 44 heavy (non-hydrogen) atoms. The molecule has 5 rings (SSSR count). The van der Waals surface area contributed by atoms with Crippen LogP contribution in [0, 0.1) is 0 Å². The van der Waals surface area contributed by atoms with Gasteiger partial charge in [0.05, 0.1) is 25.2 Å². The molecular formula is C28H24F6N5O5+. The number of benzene rings is 2. The highest BCUT2D eigenvalue weighted by Crippen LogP contribution is 2.28. The average molecular weight is 625 g/mol. The lowest BCUT2D eigenvalue weighted by Crippen LogP contribution is -2.59. The number of ether oxygens (including phenoxy) is 1. The van der Waals surface area contributed by atoms with Crippen LogP contribution < -0.4 is 15.2 Å². The summed E-state index contributed by atoms with van der Waals surface area (Å²) in [6.45, 7) is 1.12. The lowest BCUT2D eigenvalue weighted by atomic mass is 10.1. The zero-order chi connectivity index (χ0) is 31.7. The minimum Gasteiger partial charge on any atom is -0.416 e. The van der Waals surface area contributed by atoms with Gasteiger partial charge in [0.1, 0.15) is 25.9 Å². The first-order valence-electron chi connectivity index (χ1n) is 13.1. The summed E-state index contributed by atoms with van der Waals surface area (Å²) in [6, 6.07) is 15.0. The summed E-state index contributed by atoms with van der Waals surface area (Å²) in [4.78, 5) is 30.6. The Labute approximate surface area is 245 Å². The molecule has 1 aliphatic heterocycles. The third-order valence-corrected chi connectivity index (χ3v) is 6.84. The number of hydrogen-bond donors (Lipinski definition) is 0. The molecule has 1 saturated heterocycles. The van der Waals surface area contributed by atoms with Crippen LogP contribution in [0.15, 0.2) is 76.1 Å². The standard InChI is InChI=1S/C28H24F6N5O5/c1-39(44-26(41)27(29,30)31)13-11-37(12-14-39)21-4-2-3-18(15-21)16-38-17-20(7-10-23(38)40)25-36-35-24(42-25)19-5-8-22(9-6-19)43-28(32,33)34/h2-10,15,17H,11-14,16H2,1H3/q+1. The van der Waals surface area contributed by atoms with E-state index in [1.165, 1.54) is 42.1 Å². The molecule has 0 aliphatic carbocycles. The lowest BCUT2D eigenvalue weighted by Gasteiger charge is -2.39. The Bertz CT molecular complexity index is 1690. The highest BCUT2D eigenvalue weighted by atomic mass is 19.4. The molecule has 1 fully saturated rings. The van der Waals surface area contributed by atoms with Crippen LogP contribution >= 0.6 is 0 Å². The van der Waals surface area contributed by atoms with Crippen molar-refractivity contribution < 1.29 is 49.8 Å². The topological polar surface area (TPSA) is 99.7 Å². The smallest absolute Gasteiger partial charge is 0.416 e. The fourth-order valence-corrected chi connectivity index (χ4v) is 4.57. The number of pyridine rings is 1. The zero-order valence-corrected chi connectivity index (χ0v) is 22.9. The van der Waals surface area contributed by atoms with Crippen molar-refractivity contribution >= 4 is 11.7 Å². The number of alkyl halides is 6. The molecule has 0 atom stereocenters. The van der Waals surface area contributed by atoms with Crippen LogP contribution in [-0.2, 0) is 16.2 Å². The maximum absolute atomic E-state index is 12.7. The van der Waals surface area contributed by atoms with Crippen LogP contribution in [0.4, 0.5) is 32.0 Å². The number of carbonyl (C=O) groups excluding carboxylic acids is 1. The molecule has 0 amide bonds. The molecule has 0 radical (unpaired) electrons. The van der Waals surface area contributed by atoms with Gasteiger partial charge >= 0.3 is 18.5 Å². The summed E-state index contributed by atoms with van der Waals surface area (Å²) in [7, 11) is 1.42. The van der Waals surface area contributed by atoms with Gasteiger partial charge in [-0.2, -0.15) is 13.2 Å². The van der Waals surface area contributed by atoms with Crippen LogP contribution in [-0.4, -0.2) is 71.1 Å². The minimum atomic E-state index is -5.07. The van der Waals surface area contributed by atoms with E-state index in [1.807, 2.05) is 23.1 Å². The van der Waals surface area contributed by atoms with E-state index < -0.39 is 28.9 Å². The Morgan fingerprint density at radius 2 is 1.57 bits per heavy atom. The third-order valence-electron chi connectivity index (χ3n) is 6.84. The number of aromatic nitrogens is 3. The molecule has 232 valence electrons. The van der Waals surface area contributed by atoms with Crippen LogP contribution in [0.25, 0.3) is 22.9 Å². The minimum absolute atomic E-state index is 0.0495. The van der Waals surface area contributed by atoms with Crippen molar-refractivity contribution in [2.75, 3.05) is 38.1 Å². The summed E-state index contributed by atoms with van der Waals surface area (Å²) in [5.41, 5.74) is 2.03. The molecule has 0 spiro atoms. The monoisotopic (exact) mass is 624 g/mol. The highest BCUT2D eigenvalue weighted by Gasteiger charge is 2.47. The molecular weight excluding hydrogens is 600 g/mol. The molecule has 0 N–H and O–H groups in total. The van der Waals surface area contributed by atoms with E-state index in [2.05, 4.69) is 19.8 Å². The normalized spacial score (nSPS) is 15.2. The molecule has 10 nitrogen and oxygen atoms in total. The van der Waals surface area contributed by atoms with Crippen LogP contribution in [0.3, 0.4) is 0 Å². The van der Waals surface area contributed by atoms with E-state index in [-0.39, 0.29) is 37.0 Å². The number of carbonyl (C=O) groups is 1. The number of piperazine rings is 1. The van der Waals surface area contributed by atoms with E-state index in [0.29, 0.717) is 24.2 Å². The van der Waals surface area contributed by atoms with Gasteiger partial charge in [0, 0.05) is 23.5 Å². The van der Waals surface area contributed by atoms with Crippen molar-refractivity contribution in [3.05, 3.63) is 82.8 Å². The number of hydroxylamine groups is 3. The van der Waals surface area contributed by atoms with E-state index in [1.54, 1.807) is 6.07 Å². The Morgan fingerprint density at radius 3 is 2.20 bits per heavy atom. The van der Waals surface area contributed by atoms with Gasteiger partial charge in [-0.3, -0.25) is 9.63 Å². The second-order valence-corrected chi connectivity index (χ2v) is 10.1. The Morgan fingerprint density at radius 1 is 0.932 bits per heavy atom. The molecule has 1 aliphatic rings. The maximum Gasteiger partial charge on any atom is 0.573 e. The number of hydrogen-bond acceptors (Lipinski definition) is 8. The Balaban J connectivity index is 1.26. The largest absolute Gasteiger partial charge is 0.573 e. The van der Waals surface area contributed by atoms with Gasteiger partial charge in [0.25, 0.3) is 5.56 Å². The fourth-order valence-electron chi connectivity index (χ4n) is 4.57. The molecule has 2 aromatic heterocycles. The zero-order valence-electron chi connectivity index (χ0n) is 22.9. The van der Waals surface area contributed by atoms with Crippen LogP contribution in [0.2, 0.25) is 0 Å². The van der Waals surface area contributed by atoms with Crippen molar-refractivity contribution in [2.45, 2.75) is 19.1 Å². The summed E-state index contributed by atoms with van der Waals surface area (Å²) >= 11 is 0. The number of rotatable bonds is 7. The number of quaternary nitrogens is 1. The van der Waals surface area contributed by atoms with Crippen molar-refractivity contribution in [1.82, 2.24) is 14.8 Å². The van der Waals surface area contributed by atoms with Crippen LogP contribution in [0.1, 0.15) is 5.56 Å². The van der Waals surface area contributed by atoms with Gasteiger partial charge in [-0.05, 0) is 48.0 Å². The van der Waals surface area contributed by atoms with Crippen molar-refractivity contribution in [3.63, 3.8) is 0 Å². The molecule has 3 heterocycles. The third kappa shape index (κ3) is 7.37. The Kier molecular flexibility index (Phi) is 8.11. The number of likely N-dealkylation sites (N-methyl/N-ethyl adjacent to an activating group) is 1. The molecule has 0 saturated carbocycles. The van der Waals surface area contributed by atoms with Gasteiger partial charge in [0.2, 0.25) is 11.8 Å². The summed E-state index contributed by atoms with van der Waals surface area (Å²) in [5.74, 6) is -2.50. The predicted octanol–water partition coefficient (Wildman–Crippen LogP) is 4.80. The van der Waals surface area contributed by atoms with Gasteiger partial charge in [-0.1, -0.05) is 12.1 Å². The van der Waals surface area contributed by atoms with E-state index >= 15 is 0 Å². The molecule has 0 unspecified atom stereocenters. The van der Waals surface area contributed by atoms with Gasteiger partial charge in [-0.15, -0.1) is 28.0 Å². The van der Waals surface area contributed by atoms with Crippen molar-refractivity contribution in [2.24, 2.45) is 0 Å². The number of anilines is 1. The number of nitrogens with zero attached hydrogens (tertiary/aromatic N) is 5. The predicted molar refractivity (Wildman–Crippen MR) is 142 cm³/mol. The molecule has 0 bridgehead atoms. The molecule has 2 aromatic carbocycles. The van der Waals surface area contributed by atoms with Crippen LogP contribution in [0.5, 0.6) is 5.75 Å². The van der Waals surface area contributed by atoms with Gasteiger partial charge in [0.15, 0.2) is 0 Å².